The van der Waals surface area contributed by atoms with Gasteiger partial charge in [0.1, 0.15) is 5.78 Å². The van der Waals surface area contributed by atoms with E-state index >= 15 is 0 Å². The molecule has 8 atom stereocenters. The lowest BCUT2D eigenvalue weighted by atomic mass is 9.52. The molecule has 0 aromatic heterocycles. The number of alkyl halides is 1. The topological polar surface area (TPSA) is 37.3 Å². The fraction of sp³-hybridized carbons (Fsp3) is 0.950. The van der Waals surface area contributed by atoms with Crippen molar-refractivity contribution < 1.29 is 9.90 Å². The molecule has 4 rings (SSSR count). The van der Waals surface area contributed by atoms with Crippen molar-refractivity contribution in [2.75, 3.05) is 5.33 Å². The lowest BCUT2D eigenvalue weighted by Crippen LogP contribution is -2.48. The Morgan fingerprint density at radius 2 is 1.57 bits per heavy atom. The first-order chi connectivity index (χ1) is 11.0. The molecule has 4 aliphatic carbocycles. The van der Waals surface area contributed by atoms with Gasteiger partial charge in [-0.3, -0.25) is 4.79 Å². The summed E-state index contributed by atoms with van der Waals surface area (Å²) in [6.07, 6.45) is 11.0. The monoisotopic (exact) mass is 382 g/mol. The maximum Gasteiger partial charge on any atom is 0.146 e. The van der Waals surface area contributed by atoms with Crippen molar-refractivity contribution in [1.82, 2.24) is 0 Å². The van der Waals surface area contributed by atoms with E-state index in [1.165, 1.54) is 38.5 Å². The second-order valence-electron chi connectivity index (χ2n) is 9.26. The van der Waals surface area contributed by atoms with E-state index in [4.69, 9.17) is 0 Å². The van der Waals surface area contributed by atoms with Gasteiger partial charge in [0.15, 0.2) is 0 Å². The van der Waals surface area contributed by atoms with Crippen molar-refractivity contribution in [3.05, 3.63) is 0 Å². The molecule has 0 aliphatic heterocycles. The van der Waals surface area contributed by atoms with Gasteiger partial charge in [-0.05, 0) is 100 Å². The quantitative estimate of drug-likeness (QED) is 0.709. The number of carbonyl (C=O) groups excluding carboxylic acids is 1. The molecule has 0 aromatic rings. The number of hydrogen-bond acceptors (Lipinski definition) is 2. The van der Waals surface area contributed by atoms with Crippen LogP contribution in [0.4, 0.5) is 0 Å². The third-order valence-electron chi connectivity index (χ3n) is 8.10. The minimum Gasteiger partial charge on any atom is -0.390 e. The van der Waals surface area contributed by atoms with Gasteiger partial charge in [0.2, 0.25) is 0 Å². The fourth-order valence-electron chi connectivity index (χ4n) is 7.24. The number of ketones is 1. The summed E-state index contributed by atoms with van der Waals surface area (Å²) >= 11 is 3.39. The Hall–Kier alpha value is 0.110. The molecule has 0 spiro atoms. The Balaban J connectivity index is 1.49. The molecular weight excluding hydrogens is 352 g/mol. The normalized spacial score (nSPS) is 52.4. The minimum atomic E-state index is -0.411. The Kier molecular flexibility index (Phi) is 4.41. The molecule has 0 radical (unpaired) electrons. The Morgan fingerprint density at radius 3 is 2.35 bits per heavy atom. The van der Waals surface area contributed by atoms with Crippen molar-refractivity contribution in [3.63, 3.8) is 0 Å². The largest absolute Gasteiger partial charge is 0.390 e. The number of hydrogen-bond donors (Lipinski definition) is 1. The van der Waals surface area contributed by atoms with Crippen LogP contribution in [0.15, 0.2) is 0 Å². The summed E-state index contributed by atoms with van der Waals surface area (Å²) in [6.45, 7) is 2.04. The van der Waals surface area contributed by atoms with Crippen LogP contribution in [-0.2, 0) is 4.79 Å². The zero-order chi connectivity index (χ0) is 16.2. The van der Waals surface area contributed by atoms with Crippen molar-refractivity contribution in [2.45, 2.75) is 70.3 Å². The summed E-state index contributed by atoms with van der Waals surface area (Å²) < 4.78 is 0. The number of aliphatic hydroxyl groups is 1. The van der Waals surface area contributed by atoms with Gasteiger partial charge in [-0.15, -0.1) is 0 Å². The summed E-state index contributed by atoms with van der Waals surface area (Å²) in [6, 6.07) is 0. The summed E-state index contributed by atoms with van der Waals surface area (Å²) in [5, 5.41) is 11.0. The van der Waals surface area contributed by atoms with Crippen LogP contribution in [-0.4, -0.2) is 21.8 Å². The number of Topliss-reactive ketones (excluding diaryl/α,β-unsaturated/α-hetero) is 1. The predicted molar refractivity (Wildman–Crippen MR) is 95.4 cm³/mol. The maximum atomic E-state index is 12.3. The van der Waals surface area contributed by atoms with Crippen LogP contribution in [0.25, 0.3) is 0 Å². The molecule has 2 nitrogen and oxygen atoms in total. The molecule has 4 aliphatic rings. The van der Waals surface area contributed by atoms with E-state index in [1.54, 1.807) is 0 Å². The zero-order valence-corrected chi connectivity index (χ0v) is 15.9. The maximum absolute atomic E-state index is 12.3. The first kappa shape index (κ1) is 16.6. The standard InChI is InChI=1S/C20H31BrO2/c1-20(23)9-8-13-12(10-20)2-3-15-14(13)4-5-17-16(15)6-7-18(17)19(22)11-21/h12-18,23H,2-11H2,1H3/t12-,13+,14-,15-,16+,17+,18+,20-/m1/s1. The third kappa shape index (κ3) is 2.84. The summed E-state index contributed by atoms with van der Waals surface area (Å²) in [7, 11) is 0. The second kappa shape index (κ2) is 6.12. The molecule has 4 saturated carbocycles. The van der Waals surface area contributed by atoms with Gasteiger partial charge in [0.25, 0.3) is 0 Å². The predicted octanol–water partition coefficient (Wildman–Crippen LogP) is 4.58. The molecule has 0 saturated heterocycles. The van der Waals surface area contributed by atoms with Gasteiger partial charge in [-0.25, -0.2) is 0 Å². The summed E-state index contributed by atoms with van der Waals surface area (Å²) in [4.78, 5) is 12.3. The van der Waals surface area contributed by atoms with E-state index < -0.39 is 5.60 Å². The van der Waals surface area contributed by atoms with Crippen LogP contribution in [0, 0.1) is 41.4 Å². The van der Waals surface area contributed by atoms with Crippen LogP contribution >= 0.6 is 15.9 Å². The molecule has 1 N–H and O–H groups in total. The number of halogens is 1. The zero-order valence-electron chi connectivity index (χ0n) is 14.3. The lowest BCUT2D eigenvalue weighted by Gasteiger charge is -2.54. The van der Waals surface area contributed by atoms with Gasteiger partial charge >= 0.3 is 0 Å². The summed E-state index contributed by atoms with van der Waals surface area (Å²) in [5.74, 6) is 5.71. The molecule has 0 aromatic carbocycles. The highest BCUT2D eigenvalue weighted by Gasteiger charge is 2.53. The van der Waals surface area contributed by atoms with Gasteiger partial charge in [-0.2, -0.15) is 0 Å². The van der Waals surface area contributed by atoms with Crippen LogP contribution in [0.5, 0.6) is 0 Å². The smallest absolute Gasteiger partial charge is 0.146 e. The highest BCUT2D eigenvalue weighted by atomic mass is 79.9. The van der Waals surface area contributed by atoms with Crippen molar-refractivity contribution in [1.29, 1.82) is 0 Å². The third-order valence-corrected chi connectivity index (χ3v) is 8.65. The van der Waals surface area contributed by atoms with Crippen molar-refractivity contribution in [3.8, 4) is 0 Å². The van der Waals surface area contributed by atoms with Crippen LogP contribution in [0.1, 0.15) is 64.7 Å². The van der Waals surface area contributed by atoms with Crippen LogP contribution < -0.4 is 0 Å². The number of fused-ring (bicyclic) bond motifs is 5. The van der Waals surface area contributed by atoms with Gasteiger partial charge < -0.3 is 5.11 Å². The lowest BCUT2D eigenvalue weighted by molar-refractivity contribution is -0.123. The van der Waals surface area contributed by atoms with Crippen molar-refractivity contribution >= 4 is 21.7 Å². The van der Waals surface area contributed by atoms with E-state index in [0.717, 1.165) is 48.9 Å². The number of rotatable bonds is 2. The molecular formula is C20H31BrO2. The van der Waals surface area contributed by atoms with E-state index in [2.05, 4.69) is 15.9 Å². The Bertz CT molecular complexity index is 474. The summed E-state index contributed by atoms with van der Waals surface area (Å²) in [5.41, 5.74) is -0.411. The van der Waals surface area contributed by atoms with Gasteiger partial charge in [0.05, 0.1) is 10.9 Å². The highest BCUT2D eigenvalue weighted by molar-refractivity contribution is 9.09. The van der Waals surface area contributed by atoms with Gasteiger partial charge in [-0.1, -0.05) is 15.9 Å². The molecule has 0 bridgehead atoms. The average Bonchev–Trinajstić information content (AvgIpc) is 2.96. The molecule has 4 fully saturated rings. The number of carbonyl (C=O) groups is 1. The minimum absolute atomic E-state index is 0.352. The van der Waals surface area contributed by atoms with Crippen LogP contribution in [0.3, 0.4) is 0 Å². The van der Waals surface area contributed by atoms with Crippen molar-refractivity contribution in [2.24, 2.45) is 41.4 Å². The van der Waals surface area contributed by atoms with E-state index in [-0.39, 0.29) is 0 Å². The second-order valence-corrected chi connectivity index (χ2v) is 9.82. The van der Waals surface area contributed by atoms with Crippen LogP contribution in [0.2, 0.25) is 0 Å². The molecule has 23 heavy (non-hydrogen) atoms. The van der Waals surface area contributed by atoms with Gasteiger partial charge in [0, 0.05) is 5.92 Å². The van der Waals surface area contributed by atoms with E-state index in [0.29, 0.717) is 22.9 Å². The Morgan fingerprint density at radius 1 is 0.957 bits per heavy atom. The first-order valence-corrected chi connectivity index (χ1v) is 10.9. The molecule has 0 unspecified atom stereocenters. The molecule has 0 heterocycles. The Labute approximate surface area is 148 Å². The average molecular weight is 383 g/mol. The molecule has 0 amide bonds. The fourth-order valence-corrected chi connectivity index (χ4v) is 7.65. The molecule has 130 valence electrons. The van der Waals surface area contributed by atoms with E-state index in [1.807, 2.05) is 6.92 Å². The molecule has 3 heteroatoms. The van der Waals surface area contributed by atoms with E-state index in [9.17, 15) is 9.90 Å². The first-order valence-electron chi connectivity index (χ1n) is 9.81. The highest BCUT2D eigenvalue weighted by Crippen LogP contribution is 2.59. The SMILES string of the molecule is C[C@@]1(O)CC[C@H]2[C@H](CC[C@@H]3[C@@H]2CC[C@H]2[C@H]3CC[C@@H]2C(=O)CBr)C1.